The van der Waals surface area contributed by atoms with E-state index in [-0.39, 0.29) is 18.1 Å². The van der Waals surface area contributed by atoms with Gasteiger partial charge in [-0.05, 0) is 49.1 Å². The molecule has 128 valence electrons. The summed E-state index contributed by atoms with van der Waals surface area (Å²) in [6.07, 6.45) is 4.20. The number of rotatable bonds is 3. The third kappa shape index (κ3) is 5.07. The van der Waals surface area contributed by atoms with Gasteiger partial charge in [-0.3, -0.25) is 0 Å². The Hall–Kier alpha value is -2.84. The molecule has 1 saturated carbocycles. The Bertz CT molecular complexity index is 780. The predicted octanol–water partition coefficient (Wildman–Crippen LogP) is 2.76. The molecule has 2 aromatic rings. The summed E-state index contributed by atoms with van der Waals surface area (Å²) in [4.78, 5) is 16.2. The standard InChI is InChI=1S/C20H21N3O2/c24-19-9-4-6-16(19)14-22-20(25)23-18-8-3-5-15(13-18)10-11-17-7-1-2-12-21-17/h1-3,5,7-8,12-13,16,19,24H,4,6,9,14H2,(H2,22,23,25)/t16-,19+/m0/s1. The van der Waals surface area contributed by atoms with Gasteiger partial charge in [0, 0.05) is 29.9 Å². The summed E-state index contributed by atoms with van der Waals surface area (Å²) in [5.41, 5.74) is 2.18. The van der Waals surface area contributed by atoms with Crippen LogP contribution in [0.4, 0.5) is 10.5 Å². The molecule has 3 N–H and O–H groups in total. The molecule has 0 bridgehead atoms. The molecule has 0 aliphatic heterocycles. The highest BCUT2D eigenvalue weighted by atomic mass is 16.3. The number of amides is 2. The number of carbonyl (C=O) groups is 1. The smallest absolute Gasteiger partial charge is 0.319 e. The Morgan fingerprint density at radius 2 is 2.12 bits per heavy atom. The maximum atomic E-state index is 12.0. The highest BCUT2D eigenvalue weighted by Gasteiger charge is 2.25. The van der Waals surface area contributed by atoms with E-state index >= 15 is 0 Å². The fourth-order valence-electron chi connectivity index (χ4n) is 2.90. The maximum absolute atomic E-state index is 12.0. The van der Waals surface area contributed by atoms with Crippen LogP contribution in [-0.2, 0) is 0 Å². The number of benzene rings is 1. The SMILES string of the molecule is O=C(NC[C@@H]1CCC[C@H]1O)Nc1cccc(C#Cc2ccccn2)c1. The molecule has 1 fully saturated rings. The number of aliphatic hydroxyl groups excluding tert-OH is 1. The number of hydrogen-bond acceptors (Lipinski definition) is 3. The zero-order valence-corrected chi connectivity index (χ0v) is 13.9. The molecule has 0 unspecified atom stereocenters. The lowest BCUT2D eigenvalue weighted by Gasteiger charge is -2.15. The number of urea groups is 1. The van der Waals surface area contributed by atoms with Crippen LogP contribution in [0.3, 0.4) is 0 Å². The van der Waals surface area contributed by atoms with Gasteiger partial charge in [-0.25, -0.2) is 9.78 Å². The van der Waals surface area contributed by atoms with Crippen molar-refractivity contribution in [3.8, 4) is 11.8 Å². The van der Waals surface area contributed by atoms with Gasteiger partial charge in [0.15, 0.2) is 0 Å². The number of nitrogens with one attached hydrogen (secondary N) is 2. The lowest BCUT2D eigenvalue weighted by Crippen LogP contribution is -2.35. The molecular formula is C20H21N3O2. The summed E-state index contributed by atoms with van der Waals surface area (Å²) in [5, 5.41) is 15.4. The van der Waals surface area contributed by atoms with Gasteiger partial charge < -0.3 is 15.7 Å². The molecule has 5 heteroatoms. The first-order chi connectivity index (χ1) is 12.2. The molecule has 0 radical (unpaired) electrons. The van der Waals surface area contributed by atoms with Gasteiger partial charge >= 0.3 is 6.03 Å². The third-order valence-electron chi connectivity index (χ3n) is 4.26. The van der Waals surface area contributed by atoms with Gasteiger partial charge in [0.1, 0.15) is 5.69 Å². The zero-order chi connectivity index (χ0) is 17.5. The topological polar surface area (TPSA) is 74.2 Å². The van der Waals surface area contributed by atoms with Crippen LogP contribution in [-0.4, -0.2) is 28.8 Å². The largest absolute Gasteiger partial charge is 0.393 e. The number of carbonyl (C=O) groups excluding carboxylic acids is 1. The fourth-order valence-corrected chi connectivity index (χ4v) is 2.90. The number of aromatic nitrogens is 1. The number of pyridine rings is 1. The van der Waals surface area contributed by atoms with Gasteiger partial charge in [0.25, 0.3) is 0 Å². The lowest BCUT2D eigenvalue weighted by atomic mass is 10.1. The molecule has 3 rings (SSSR count). The van der Waals surface area contributed by atoms with Crippen LogP contribution in [0.25, 0.3) is 0 Å². The minimum atomic E-state index is -0.300. The summed E-state index contributed by atoms with van der Waals surface area (Å²) < 4.78 is 0. The Morgan fingerprint density at radius 1 is 1.20 bits per heavy atom. The Kier molecular flexibility index (Phi) is 5.65. The van der Waals surface area contributed by atoms with E-state index in [1.807, 2.05) is 42.5 Å². The monoisotopic (exact) mass is 335 g/mol. The van der Waals surface area contributed by atoms with E-state index in [9.17, 15) is 9.90 Å². The Balaban J connectivity index is 1.56. The molecule has 1 aliphatic carbocycles. The molecule has 1 heterocycles. The van der Waals surface area contributed by atoms with E-state index in [0.717, 1.165) is 24.8 Å². The quantitative estimate of drug-likeness (QED) is 0.755. The molecular weight excluding hydrogens is 314 g/mol. The second kappa shape index (κ2) is 8.32. The molecule has 25 heavy (non-hydrogen) atoms. The van der Waals surface area contributed by atoms with Crippen LogP contribution in [0.5, 0.6) is 0 Å². The number of hydrogen-bond donors (Lipinski definition) is 3. The van der Waals surface area contributed by atoms with Gasteiger partial charge in [-0.2, -0.15) is 0 Å². The van der Waals surface area contributed by atoms with Crippen LogP contribution in [0.1, 0.15) is 30.5 Å². The second-order valence-electron chi connectivity index (χ2n) is 6.14. The van der Waals surface area contributed by atoms with E-state index in [4.69, 9.17) is 0 Å². The van der Waals surface area contributed by atoms with E-state index < -0.39 is 0 Å². The summed E-state index contributed by atoms with van der Waals surface area (Å²) in [6, 6.07) is 12.7. The van der Waals surface area contributed by atoms with E-state index in [0.29, 0.717) is 17.9 Å². The summed E-state index contributed by atoms with van der Waals surface area (Å²) in [7, 11) is 0. The van der Waals surface area contributed by atoms with Crippen molar-refractivity contribution in [2.45, 2.75) is 25.4 Å². The number of aliphatic hydroxyl groups is 1. The van der Waals surface area contributed by atoms with Crippen molar-refractivity contribution in [2.24, 2.45) is 5.92 Å². The van der Waals surface area contributed by atoms with Crippen molar-refractivity contribution in [2.75, 3.05) is 11.9 Å². The van der Waals surface area contributed by atoms with Gasteiger partial charge in [0.2, 0.25) is 0 Å². The van der Waals surface area contributed by atoms with Gasteiger partial charge in [0.05, 0.1) is 6.10 Å². The van der Waals surface area contributed by atoms with Crippen molar-refractivity contribution in [3.63, 3.8) is 0 Å². The van der Waals surface area contributed by atoms with Crippen molar-refractivity contribution in [3.05, 3.63) is 59.9 Å². The number of anilines is 1. The molecule has 1 aromatic carbocycles. The Morgan fingerprint density at radius 3 is 2.88 bits per heavy atom. The predicted molar refractivity (Wildman–Crippen MR) is 97.0 cm³/mol. The van der Waals surface area contributed by atoms with Crippen molar-refractivity contribution in [1.82, 2.24) is 10.3 Å². The molecule has 1 aliphatic rings. The van der Waals surface area contributed by atoms with Crippen LogP contribution in [0.15, 0.2) is 48.7 Å². The second-order valence-corrected chi connectivity index (χ2v) is 6.14. The normalized spacial score (nSPS) is 18.9. The molecule has 5 nitrogen and oxygen atoms in total. The molecule has 2 amide bonds. The van der Waals surface area contributed by atoms with Gasteiger partial charge in [-0.15, -0.1) is 0 Å². The van der Waals surface area contributed by atoms with E-state index in [1.165, 1.54) is 0 Å². The van der Waals surface area contributed by atoms with E-state index in [1.54, 1.807) is 6.20 Å². The lowest BCUT2D eigenvalue weighted by molar-refractivity contribution is 0.133. The highest BCUT2D eigenvalue weighted by Crippen LogP contribution is 2.24. The van der Waals surface area contributed by atoms with Crippen LogP contribution < -0.4 is 10.6 Å². The third-order valence-corrected chi connectivity index (χ3v) is 4.26. The number of nitrogens with zero attached hydrogens (tertiary/aromatic N) is 1. The summed E-state index contributed by atoms with van der Waals surface area (Å²) in [5.74, 6) is 6.19. The van der Waals surface area contributed by atoms with Crippen LogP contribution in [0, 0.1) is 17.8 Å². The molecule has 0 saturated heterocycles. The molecule has 0 spiro atoms. The fraction of sp³-hybridized carbons (Fsp3) is 0.300. The van der Waals surface area contributed by atoms with Crippen LogP contribution in [0.2, 0.25) is 0 Å². The van der Waals surface area contributed by atoms with Gasteiger partial charge in [-0.1, -0.05) is 24.5 Å². The summed E-state index contributed by atoms with van der Waals surface area (Å²) in [6.45, 7) is 0.492. The Labute approximate surface area is 147 Å². The maximum Gasteiger partial charge on any atom is 0.319 e. The van der Waals surface area contributed by atoms with E-state index in [2.05, 4.69) is 27.5 Å². The highest BCUT2D eigenvalue weighted by molar-refractivity contribution is 5.89. The first kappa shape index (κ1) is 17.0. The average molecular weight is 335 g/mol. The average Bonchev–Trinajstić information content (AvgIpc) is 3.04. The zero-order valence-electron chi connectivity index (χ0n) is 13.9. The van der Waals surface area contributed by atoms with Crippen molar-refractivity contribution >= 4 is 11.7 Å². The minimum Gasteiger partial charge on any atom is -0.393 e. The molecule has 1 aromatic heterocycles. The first-order valence-corrected chi connectivity index (χ1v) is 8.47. The van der Waals surface area contributed by atoms with Crippen LogP contribution >= 0.6 is 0 Å². The summed E-state index contributed by atoms with van der Waals surface area (Å²) >= 11 is 0. The minimum absolute atomic E-state index is 0.154. The van der Waals surface area contributed by atoms with Crippen molar-refractivity contribution < 1.29 is 9.90 Å². The molecule has 2 atom stereocenters. The van der Waals surface area contributed by atoms with Crippen molar-refractivity contribution in [1.29, 1.82) is 0 Å². The first-order valence-electron chi connectivity index (χ1n) is 8.47.